The SMILES string of the molecule is CC[C@H]1CN(C(=O)c2cc3cccc(Cl)c3n2C)CCN1C(C)C. The molecule has 0 saturated carbocycles. The first-order chi connectivity index (χ1) is 11.4. The fraction of sp³-hybridized carbons (Fsp3) is 0.526. The minimum atomic E-state index is 0.103. The monoisotopic (exact) mass is 347 g/mol. The van der Waals surface area contributed by atoms with Crippen molar-refractivity contribution in [3.63, 3.8) is 0 Å². The number of fused-ring (bicyclic) bond motifs is 1. The smallest absolute Gasteiger partial charge is 0.270 e. The highest BCUT2D eigenvalue weighted by Crippen LogP contribution is 2.27. The molecule has 0 aliphatic carbocycles. The van der Waals surface area contributed by atoms with E-state index < -0.39 is 0 Å². The molecular formula is C19H26ClN3O. The first kappa shape index (κ1) is 17.3. The molecule has 2 heterocycles. The summed E-state index contributed by atoms with van der Waals surface area (Å²) < 4.78 is 1.93. The number of para-hydroxylation sites is 1. The summed E-state index contributed by atoms with van der Waals surface area (Å²) in [5.74, 6) is 0.103. The van der Waals surface area contributed by atoms with E-state index in [1.165, 1.54) is 0 Å². The third kappa shape index (κ3) is 2.93. The fourth-order valence-electron chi connectivity index (χ4n) is 3.83. The van der Waals surface area contributed by atoms with Crippen LogP contribution in [0.25, 0.3) is 10.9 Å². The van der Waals surface area contributed by atoms with Crippen molar-refractivity contribution in [3.8, 4) is 0 Å². The van der Waals surface area contributed by atoms with Gasteiger partial charge in [0.25, 0.3) is 5.91 Å². The largest absolute Gasteiger partial charge is 0.338 e. The number of aromatic nitrogens is 1. The van der Waals surface area contributed by atoms with Gasteiger partial charge in [0.2, 0.25) is 0 Å². The van der Waals surface area contributed by atoms with Gasteiger partial charge < -0.3 is 9.47 Å². The van der Waals surface area contributed by atoms with Gasteiger partial charge in [0.15, 0.2) is 0 Å². The van der Waals surface area contributed by atoms with Crippen molar-refractivity contribution in [3.05, 3.63) is 35.0 Å². The zero-order chi connectivity index (χ0) is 17.4. The van der Waals surface area contributed by atoms with Gasteiger partial charge in [0.1, 0.15) is 5.69 Å². The quantitative estimate of drug-likeness (QED) is 0.845. The van der Waals surface area contributed by atoms with Gasteiger partial charge in [-0.05, 0) is 32.4 Å². The molecule has 0 bridgehead atoms. The molecule has 1 atom stereocenters. The Bertz CT molecular complexity index is 752. The number of amides is 1. The van der Waals surface area contributed by atoms with E-state index in [0.29, 0.717) is 22.8 Å². The van der Waals surface area contributed by atoms with Crippen LogP contribution in [0.3, 0.4) is 0 Å². The number of hydrogen-bond acceptors (Lipinski definition) is 2. The summed E-state index contributed by atoms with van der Waals surface area (Å²) in [6.07, 6.45) is 1.06. The number of rotatable bonds is 3. The van der Waals surface area contributed by atoms with Crippen molar-refractivity contribution in [2.45, 2.75) is 39.3 Å². The average molecular weight is 348 g/mol. The summed E-state index contributed by atoms with van der Waals surface area (Å²) >= 11 is 6.31. The molecular weight excluding hydrogens is 322 g/mol. The zero-order valence-electron chi connectivity index (χ0n) is 14.9. The Hall–Kier alpha value is -1.52. The number of benzene rings is 1. The number of halogens is 1. The van der Waals surface area contributed by atoms with Crippen LogP contribution in [0.4, 0.5) is 0 Å². The van der Waals surface area contributed by atoms with Crippen LogP contribution < -0.4 is 0 Å². The molecule has 0 spiro atoms. The number of carbonyl (C=O) groups is 1. The van der Waals surface area contributed by atoms with Crippen molar-refractivity contribution < 1.29 is 4.79 Å². The topological polar surface area (TPSA) is 28.5 Å². The predicted octanol–water partition coefficient (Wildman–Crippen LogP) is 3.78. The molecule has 1 aromatic carbocycles. The minimum absolute atomic E-state index is 0.103. The van der Waals surface area contributed by atoms with Gasteiger partial charge in [-0.15, -0.1) is 0 Å². The third-order valence-electron chi connectivity index (χ3n) is 5.18. The molecule has 5 heteroatoms. The number of carbonyl (C=O) groups excluding carboxylic acids is 1. The lowest BCUT2D eigenvalue weighted by molar-refractivity contribution is 0.0365. The van der Waals surface area contributed by atoms with E-state index in [0.717, 1.165) is 37.0 Å². The van der Waals surface area contributed by atoms with Crippen molar-refractivity contribution in [1.82, 2.24) is 14.4 Å². The lowest BCUT2D eigenvalue weighted by Crippen LogP contribution is -2.56. The van der Waals surface area contributed by atoms with Gasteiger partial charge in [0, 0.05) is 44.2 Å². The molecule has 1 aliphatic heterocycles. The fourth-order valence-corrected chi connectivity index (χ4v) is 4.14. The first-order valence-electron chi connectivity index (χ1n) is 8.73. The van der Waals surface area contributed by atoms with E-state index in [1.807, 2.05) is 40.8 Å². The Labute approximate surface area is 149 Å². The summed E-state index contributed by atoms with van der Waals surface area (Å²) in [5.41, 5.74) is 1.64. The molecule has 0 unspecified atom stereocenters. The van der Waals surface area contributed by atoms with Crippen LogP contribution in [0.2, 0.25) is 5.02 Å². The van der Waals surface area contributed by atoms with E-state index in [2.05, 4.69) is 25.7 Å². The summed E-state index contributed by atoms with van der Waals surface area (Å²) in [6, 6.07) is 8.70. The number of aryl methyl sites for hydroxylation is 1. The lowest BCUT2D eigenvalue weighted by Gasteiger charge is -2.43. The molecule has 1 amide bonds. The maximum absolute atomic E-state index is 13.1. The normalized spacial score (nSPS) is 19.4. The highest BCUT2D eigenvalue weighted by molar-refractivity contribution is 6.35. The van der Waals surface area contributed by atoms with Gasteiger partial charge in [-0.25, -0.2) is 0 Å². The van der Waals surface area contributed by atoms with Crippen LogP contribution in [0.5, 0.6) is 0 Å². The predicted molar refractivity (Wildman–Crippen MR) is 99.8 cm³/mol. The maximum Gasteiger partial charge on any atom is 0.270 e. The van der Waals surface area contributed by atoms with E-state index in [-0.39, 0.29) is 5.91 Å². The van der Waals surface area contributed by atoms with Crippen LogP contribution >= 0.6 is 11.6 Å². The highest BCUT2D eigenvalue weighted by Gasteiger charge is 2.31. The standard InChI is InChI=1S/C19H26ClN3O/c1-5-15-12-22(9-10-23(15)13(2)3)19(24)17-11-14-7-6-8-16(20)18(14)21(17)4/h6-8,11,13,15H,5,9-10,12H2,1-4H3/t15-/m0/s1. The molecule has 24 heavy (non-hydrogen) atoms. The van der Waals surface area contributed by atoms with E-state index in [4.69, 9.17) is 11.6 Å². The van der Waals surface area contributed by atoms with Gasteiger partial charge in [0.05, 0.1) is 10.5 Å². The lowest BCUT2D eigenvalue weighted by atomic mass is 10.1. The van der Waals surface area contributed by atoms with Crippen molar-refractivity contribution in [2.24, 2.45) is 7.05 Å². The summed E-state index contributed by atoms with van der Waals surface area (Å²) in [6.45, 7) is 9.17. The molecule has 130 valence electrons. The molecule has 2 aromatic rings. The molecule has 1 saturated heterocycles. The Morgan fingerprint density at radius 3 is 2.71 bits per heavy atom. The third-order valence-corrected chi connectivity index (χ3v) is 5.48. The zero-order valence-corrected chi connectivity index (χ0v) is 15.7. The first-order valence-corrected chi connectivity index (χ1v) is 9.10. The maximum atomic E-state index is 13.1. The van der Waals surface area contributed by atoms with Gasteiger partial charge in [-0.1, -0.05) is 30.7 Å². The van der Waals surface area contributed by atoms with Gasteiger partial charge in [-0.2, -0.15) is 0 Å². The molecule has 3 rings (SSSR count). The summed E-state index contributed by atoms with van der Waals surface area (Å²) in [4.78, 5) is 17.6. The Morgan fingerprint density at radius 1 is 1.33 bits per heavy atom. The molecule has 4 nitrogen and oxygen atoms in total. The number of hydrogen-bond donors (Lipinski definition) is 0. The van der Waals surface area contributed by atoms with Gasteiger partial charge >= 0.3 is 0 Å². The van der Waals surface area contributed by atoms with Crippen molar-refractivity contribution in [1.29, 1.82) is 0 Å². The highest BCUT2D eigenvalue weighted by atomic mass is 35.5. The Morgan fingerprint density at radius 2 is 2.08 bits per heavy atom. The second-order valence-corrected chi connectivity index (χ2v) is 7.32. The molecule has 1 aromatic heterocycles. The average Bonchev–Trinajstić information content (AvgIpc) is 2.91. The molecule has 1 fully saturated rings. The number of piperazine rings is 1. The Balaban J connectivity index is 1.88. The van der Waals surface area contributed by atoms with Crippen LogP contribution in [-0.4, -0.2) is 52.0 Å². The van der Waals surface area contributed by atoms with E-state index in [9.17, 15) is 4.79 Å². The van der Waals surface area contributed by atoms with Crippen molar-refractivity contribution in [2.75, 3.05) is 19.6 Å². The molecule has 1 aliphatic rings. The van der Waals surface area contributed by atoms with Crippen LogP contribution in [0, 0.1) is 0 Å². The van der Waals surface area contributed by atoms with E-state index >= 15 is 0 Å². The van der Waals surface area contributed by atoms with Crippen molar-refractivity contribution >= 4 is 28.4 Å². The summed E-state index contributed by atoms with van der Waals surface area (Å²) in [5, 5.41) is 1.70. The van der Waals surface area contributed by atoms with E-state index in [1.54, 1.807) is 0 Å². The van der Waals surface area contributed by atoms with Crippen LogP contribution in [-0.2, 0) is 7.05 Å². The minimum Gasteiger partial charge on any atom is -0.338 e. The Kier molecular flexibility index (Phi) is 4.88. The van der Waals surface area contributed by atoms with Crippen LogP contribution in [0.1, 0.15) is 37.7 Å². The van der Waals surface area contributed by atoms with Crippen LogP contribution in [0.15, 0.2) is 24.3 Å². The van der Waals surface area contributed by atoms with Gasteiger partial charge in [-0.3, -0.25) is 9.69 Å². The molecule has 0 N–H and O–H groups in total. The second kappa shape index (κ2) is 6.77. The molecule has 0 radical (unpaired) electrons. The number of nitrogens with zero attached hydrogens (tertiary/aromatic N) is 3. The second-order valence-electron chi connectivity index (χ2n) is 6.91. The summed E-state index contributed by atoms with van der Waals surface area (Å²) in [7, 11) is 1.92.